The van der Waals surface area contributed by atoms with Crippen molar-refractivity contribution in [3.8, 4) is 12.1 Å². The van der Waals surface area contributed by atoms with E-state index in [1.54, 1.807) is 12.1 Å². The summed E-state index contributed by atoms with van der Waals surface area (Å²) in [6, 6.07) is 19.4. The Kier molecular flexibility index (Phi) is 3.91. The van der Waals surface area contributed by atoms with Crippen molar-refractivity contribution in [2.24, 2.45) is 0 Å². The first kappa shape index (κ1) is 14.6. The second kappa shape index (κ2) is 6.17. The molecule has 23 heavy (non-hydrogen) atoms. The zero-order valence-corrected chi connectivity index (χ0v) is 12.7. The Morgan fingerprint density at radius 2 is 1.74 bits per heavy atom. The molecule has 0 radical (unpaired) electrons. The Labute approximate surface area is 134 Å². The molecule has 0 bridgehead atoms. The minimum Gasteiger partial charge on any atom is -0.380 e. The summed E-state index contributed by atoms with van der Waals surface area (Å²) >= 11 is 0. The number of pyridine rings is 1. The van der Waals surface area contributed by atoms with Gasteiger partial charge in [0.15, 0.2) is 0 Å². The second-order valence-corrected chi connectivity index (χ2v) is 5.25. The van der Waals surface area contributed by atoms with Gasteiger partial charge in [0.05, 0.1) is 22.7 Å². The lowest BCUT2D eigenvalue weighted by Gasteiger charge is -2.12. The van der Waals surface area contributed by atoms with Crippen molar-refractivity contribution < 1.29 is 0 Å². The van der Waals surface area contributed by atoms with E-state index in [0.29, 0.717) is 23.2 Å². The normalized spacial score (nSPS) is 10.0. The number of nitrogens with zero attached hydrogens (tertiary/aromatic N) is 3. The van der Waals surface area contributed by atoms with Gasteiger partial charge >= 0.3 is 0 Å². The molecule has 0 fully saturated rings. The number of hydrogen-bond donors (Lipinski definition) is 1. The maximum absolute atomic E-state index is 9.25. The van der Waals surface area contributed by atoms with E-state index in [2.05, 4.69) is 22.4 Å². The first-order chi connectivity index (χ1) is 11.2. The summed E-state index contributed by atoms with van der Waals surface area (Å²) < 4.78 is 0. The summed E-state index contributed by atoms with van der Waals surface area (Å²) in [5.74, 6) is 0. The summed E-state index contributed by atoms with van der Waals surface area (Å²) in [5.41, 5.74) is 4.62. The highest BCUT2D eigenvalue weighted by Crippen LogP contribution is 2.26. The Morgan fingerprint density at radius 1 is 1.00 bits per heavy atom. The lowest BCUT2D eigenvalue weighted by Crippen LogP contribution is -2.03. The van der Waals surface area contributed by atoms with Crippen LogP contribution in [0.15, 0.2) is 48.5 Å². The van der Waals surface area contributed by atoms with E-state index < -0.39 is 0 Å². The predicted octanol–water partition coefficient (Wildman–Crippen LogP) is 3.90. The number of hydrogen-bond acceptors (Lipinski definition) is 4. The van der Waals surface area contributed by atoms with Crippen LogP contribution in [0, 0.1) is 29.6 Å². The molecule has 4 heteroatoms. The van der Waals surface area contributed by atoms with Crippen LogP contribution in [-0.4, -0.2) is 4.98 Å². The van der Waals surface area contributed by atoms with E-state index in [0.717, 1.165) is 22.3 Å². The monoisotopic (exact) mass is 298 g/mol. The Morgan fingerprint density at radius 3 is 2.52 bits per heavy atom. The topological polar surface area (TPSA) is 72.5 Å². The molecule has 0 spiro atoms. The maximum Gasteiger partial charge on any atom is 0.101 e. The average molecular weight is 298 g/mol. The first-order valence-corrected chi connectivity index (χ1v) is 7.25. The van der Waals surface area contributed by atoms with Crippen LogP contribution >= 0.6 is 0 Å². The number of anilines is 1. The Balaban J connectivity index is 2.01. The SMILES string of the molecule is Cc1cc(NCc2ccccc2C#N)c2cccc(C#N)c2n1. The molecule has 0 aliphatic carbocycles. The molecular weight excluding hydrogens is 284 g/mol. The van der Waals surface area contributed by atoms with Crippen LogP contribution in [-0.2, 0) is 6.54 Å². The fourth-order valence-corrected chi connectivity index (χ4v) is 2.59. The van der Waals surface area contributed by atoms with E-state index >= 15 is 0 Å². The van der Waals surface area contributed by atoms with Gasteiger partial charge in [0, 0.05) is 23.3 Å². The Hall–Kier alpha value is -3.37. The zero-order valence-electron chi connectivity index (χ0n) is 12.7. The zero-order chi connectivity index (χ0) is 16.2. The van der Waals surface area contributed by atoms with E-state index in [1.807, 2.05) is 43.3 Å². The molecule has 0 atom stereocenters. The Bertz CT molecular complexity index is 961. The van der Waals surface area contributed by atoms with Crippen molar-refractivity contribution in [2.75, 3.05) is 5.32 Å². The van der Waals surface area contributed by atoms with Crippen molar-refractivity contribution >= 4 is 16.6 Å². The van der Waals surface area contributed by atoms with Gasteiger partial charge in [-0.05, 0) is 30.7 Å². The number of fused-ring (bicyclic) bond motifs is 1. The summed E-state index contributed by atoms with van der Waals surface area (Å²) in [6.07, 6.45) is 0. The van der Waals surface area contributed by atoms with Crippen molar-refractivity contribution in [2.45, 2.75) is 13.5 Å². The first-order valence-electron chi connectivity index (χ1n) is 7.25. The van der Waals surface area contributed by atoms with Gasteiger partial charge in [-0.15, -0.1) is 0 Å². The standard InChI is InChI=1S/C19H14N4/c1-13-9-18(17-8-4-7-15(11-21)19(17)23-13)22-12-16-6-3-2-5-14(16)10-20/h2-9H,12H2,1H3,(H,22,23). The van der Waals surface area contributed by atoms with Crippen LogP contribution in [0.3, 0.4) is 0 Å². The van der Waals surface area contributed by atoms with Crippen LogP contribution in [0.5, 0.6) is 0 Å². The fraction of sp³-hybridized carbons (Fsp3) is 0.105. The molecule has 110 valence electrons. The molecule has 1 aromatic heterocycles. The molecule has 0 amide bonds. The number of aryl methyl sites for hydroxylation is 1. The molecule has 4 nitrogen and oxygen atoms in total. The summed E-state index contributed by atoms with van der Waals surface area (Å²) in [6.45, 7) is 2.45. The third-order valence-corrected chi connectivity index (χ3v) is 3.70. The van der Waals surface area contributed by atoms with Crippen LogP contribution in [0.25, 0.3) is 10.9 Å². The molecule has 2 aromatic carbocycles. The van der Waals surface area contributed by atoms with Gasteiger partial charge in [-0.1, -0.05) is 30.3 Å². The number of para-hydroxylation sites is 1. The largest absolute Gasteiger partial charge is 0.380 e. The van der Waals surface area contributed by atoms with Gasteiger partial charge in [0.25, 0.3) is 0 Å². The molecular formula is C19H14N4. The lowest BCUT2D eigenvalue weighted by atomic mass is 10.1. The number of nitriles is 2. The minimum atomic E-state index is 0.541. The smallest absolute Gasteiger partial charge is 0.101 e. The van der Waals surface area contributed by atoms with Crippen LogP contribution in [0.4, 0.5) is 5.69 Å². The highest BCUT2D eigenvalue weighted by atomic mass is 14.9. The molecule has 0 aliphatic rings. The fourth-order valence-electron chi connectivity index (χ4n) is 2.59. The van der Waals surface area contributed by atoms with Crippen molar-refractivity contribution in [1.82, 2.24) is 4.98 Å². The van der Waals surface area contributed by atoms with Gasteiger partial charge in [-0.3, -0.25) is 4.98 Å². The summed E-state index contributed by atoms with van der Waals surface area (Å²) in [7, 11) is 0. The number of benzene rings is 2. The molecule has 1 heterocycles. The molecule has 1 N–H and O–H groups in total. The highest BCUT2D eigenvalue weighted by molar-refractivity contribution is 5.94. The van der Waals surface area contributed by atoms with Gasteiger partial charge in [0.1, 0.15) is 6.07 Å². The van der Waals surface area contributed by atoms with E-state index in [-0.39, 0.29) is 0 Å². The molecule has 0 unspecified atom stereocenters. The quantitative estimate of drug-likeness (QED) is 0.796. The number of aromatic nitrogens is 1. The second-order valence-electron chi connectivity index (χ2n) is 5.25. The van der Waals surface area contributed by atoms with Gasteiger partial charge in [-0.25, -0.2) is 0 Å². The lowest BCUT2D eigenvalue weighted by molar-refractivity contribution is 1.13. The molecule has 0 saturated carbocycles. The van der Waals surface area contributed by atoms with Crippen LogP contribution in [0.2, 0.25) is 0 Å². The number of nitrogens with one attached hydrogen (secondary N) is 1. The van der Waals surface area contributed by atoms with E-state index in [9.17, 15) is 10.5 Å². The van der Waals surface area contributed by atoms with E-state index in [1.165, 1.54) is 0 Å². The third kappa shape index (κ3) is 2.84. The molecule has 0 saturated heterocycles. The molecule has 3 aromatic rings. The van der Waals surface area contributed by atoms with Crippen LogP contribution in [0.1, 0.15) is 22.4 Å². The van der Waals surface area contributed by atoms with Crippen molar-refractivity contribution in [1.29, 1.82) is 10.5 Å². The predicted molar refractivity (Wildman–Crippen MR) is 89.7 cm³/mol. The van der Waals surface area contributed by atoms with Crippen LogP contribution < -0.4 is 5.32 Å². The third-order valence-electron chi connectivity index (χ3n) is 3.70. The van der Waals surface area contributed by atoms with E-state index in [4.69, 9.17) is 0 Å². The van der Waals surface area contributed by atoms with Gasteiger partial charge < -0.3 is 5.32 Å². The molecule has 0 aliphatic heterocycles. The minimum absolute atomic E-state index is 0.541. The van der Waals surface area contributed by atoms with Gasteiger partial charge in [0.2, 0.25) is 0 Å². The van der Waals surface area contributed by atoms with Crippen molar-refractivity contribution in [3.63, 3.8) is 0 Å². The van der Waals surface area contributed by atoms with Crippen molar-refractivity contribution in [3.05, 3.63) is 70.9 Å². The number of rotatable bonds is 3. The average Bonchev–Trinajstić information content (AvgIpc) is 2.59. The maximum atomic E-state index is 9.25. The summed E-state index contributed by atoms with van der Waals surface area (Å²) in [4.78, 5) is 4.48. The summed E-state index contributed by atoms with van der Waals surface area (Å²) in [5, 5.41) is 22.7. The molecule has 3 rings (SSSR count). The highest BCUT2D eigenvalue weighted by Gasteiger charge is 2.08. The van der Waals surface area contributed by atoms with Gasteiger partial charge in [-0.2, -0.15) is 10.5 Å².